The lowest BCUT2D eigenvalue weighted by molar-refractivity contribution is 0.738. The Morgan fingerprint density at radius 3 is 2.67 bits per heavy atom. The number of rotatable bonds is 3. The zero-order valence-corrected chi connectivity index (χ0v) is 13.9. The van der Waals surface area contributed by atoms with Crippen LogP contribution in [-0.4, -0.2) is 30.1 Å². The highest BCUT2D eigenvalue weighted by Crippen LogP contribution is 2.27. The molecule has 0 aliphatic rings. The molecule has 0 amide bonds. The quantitative estimate of drug-likeness (QED) is 0.583. The number of aromatic nitrogens is 5. The summed E-state index contributed by atoms with van der Waals surface area (Å²) in [4.78, 5) is 12.5. The Kier molecular flexibility index (Phi) is 3.57. The van der Waals surface area contributed by atoms with Gasteiger partial charge in [-0.1, -0.05) is 30.3 Å². The average molecular weight is 337 g/mol. The van der Waals surface area contributed by atoms with E-state index in [9.17, 15) is 4.79 Å². The van der Waals surface area contributed by atoms with Gasteiger partial charge in [0, 0.05) is 18.5 Å². The van der Waals surface area contributed by atoms with Crippen LogP contribution in [0.15, 0.2) is 47.4 Å². The van der Waals surface area contributed by atoms with Gasteiger partial charge in [0.2, 0.25) is 0 Å². The highest BCUT2D eigenvalue weighted by atomic mass is 32.1. The first kappa shape index (κ1) is 14.9. The second kappa shape index (κ2) is 5.76. The molecule has 120 valence electrons. The molecule has 6 nitrogen and oxygen atoms in total. The third-order valence-electron chi connectivity index (χ3n) is 4.03. The molecule has 7 heteroatoms. The van der Waals surface area contributed by atoms with Gasteiger partial charge in [-0.2, -0.15) is 17.7 Å². The molecule has 0 aliphatic heterocycles. The van der Waals surface area contributed by atoms with E-state index in [1.807, 2.05) is 43.3 Å². The Morgan fingerprint density at radius 1 is 1.12 bits per heavy atom. The Balaban J connectivity index is 2.04. The Hall–Kier alpha value is -2.67. The largest absolute Gasteiger partial charge is 0.313 e. The van der Waals surface area contributed by atoms with E-state index in [0.717, 1.165) is 16.8 Å². The summed E-state index contributed by atoms with van der Waals surface area (Å²) in [6.45, 7) is 2.47. The summed E-state index contributed by atoms with van der Waals surface area (Å²) in [6, 6.07) is 11.8. The fourth-order valence-corrected chi connectivity index (χ4v) is 3.13. The Labute approximate surface area is 143 Å². The van der Waals surface area contributed by atoms with E-state index in [0.29, 0.717) is 29.0 Å². The molecule has 4 rings (SSSR count). The van der Waals surface area contributed by atoms with E-state index in [2.05, 4.69) is 27.9 Å². The van der Waals surface area contributed by atoms with Crippen molar-refractivity contribution in [3.8, 4) is 11.1 Å². The Morgan fingerprint density at radius 2 is 1.92 bits per heavy atom. The molecule has 0 aliphatic carbocycles. The first-order valence-electron chi connectivity index (χ1n) is 7.62. The highest BCUT2D eigenvalue weighted by molar-refractivity contribution is 7.80. The topological polar surface area (TPSA) is 65.1 Å². The van der Waals surface area contributed by atoms with Crippen molar-refractivity contribution < 1.29 is 0 Å². The summed E-state index contributed by atoms with van der Waals surface area (Å²) in [5.74, 6) is 0.583. The molecule has 0 fully saturated rings. The summed E-state index contributed by atoms with van der Waals surface area (Å²) in [6.07, 6.45) is 1.75. The van der Waals surface area contributed by atoms with Crippen LogP contribution in [0.25, 0.3) is 27.8 Å². The lowest BCUT2D eigenvalue weighted by Gasteiger charge is -2.05. The number of benzene rings is 1. The van der Waals surface area contributed by atoms with Gasteiger partial charge >= 0.3 is 0 Å². The maximum absolute atomic E-state index is 12.5. The predicted octanol–water partition coefficient (Wildman–Crippen LogP) is 2.34. The van der Waals surface area contributed by atoms with Gasteiger partial charge in [-0.3, -0.25) is 4.79 Å². The molecule has 0 atom stereocenters. The van der Waals surface area contributed by atoms with Crippen LogP contribution in [-0.2, 0) is 6.54 Å². The van der Waals surface area contributed by atoms with Crippen molar-refractivity contribution in [1.82, 2.24) is 24.4 Å². The molecule has 1 aromatic carbocycles. The molecule has 3 aromatic heterocycles. The third-order valence-corrected chi connectivity index (χ3v) is 4.23. The van der Waals surface area contributed by atoms with Crippen LogP contribution in [0.5, 0.6) is 0 Å². The number of pyridine rings is 1. The summed E-state index contributed by atoms with van der Waals surface area (Å²) in [5, 5.41) is 13.1. The SMILES string of the molecule is Cc1nn2c(nnc3c(=O)n(CCS)ccc32)c1-c1ccccc1. The molecule has 4 aromatic rings. The summed E-state index contributed by atoms with van der Waals surface area (Å²) >= 11 is 4.18. The van der Waals surface area contributed by atoms with E-state index in [1.165, 1.54) is 0 Å². The van der Waals surface area contributed by atoms with Crippen LogP contribution < -0.4 is 5.56 Å². The molecule has 0 saturated heterocycles. The van der Waals surface area contributed by atoms with Gasteiger partial charge in [-0.25, -0.2) is 4.52 Å². The Bertz CT molecular complexity index is 1100. The van der Waals surface area contributed by atoms with Crippen LogP contribution in [0.3, 0.4) is 0 Å². The molecule has 0 saturated carbocycles. The first-order valence-corrected chi connectivity index (χ1v) is 8.25. The first-order chi connectivity index (χ1) is 11.7. The van der Waals surface area contributed by atoms with Crippen LogP contribution in [0.4, 0.5) is 0 Å². The lowest BCUT2D eigenvalue weighted by Crippen LogP contribution is -2.22. The van der Waals surface area contributed by atoms with Gasteiger partial charge in [0.05, 0.1) is 11.3 Å². The molecule has 0 spiro atoms. The zero-order chi connectivity index (χ0) is 16.7. The van der Waals surface area contributed by atoms with E-state index >= 15 is 0 Å². The number of nitrogens with zero attached hydrogens (tertiary/aromatic N) is 5. The monoisotopic (exact) mass is 337 g/mol. The maximum atomic E-state index is 12.5. The van der Waals surface area contributed by atoms with E-state index < -0.39 is 0 Å². The molecular weight excluding hydrogens is 322 g/mol. The van der Waals surface area contributed by atoms with Crippen molar-refractivity contribution in [1.29, 1.82) is 0 Å². The van der Waals surface area contributed by atoms with Gasteiger partial charge < -0.3 is 4.57 Å². The fraction of sp³-hybridized carbons (Fsp3) is 0.176. The van der Waals surface area contributed by atoms with Crippen LogP contribution in [0, 0.1) is 6.92 Å². The van der Waals surface area contributed by atoms with Gasteiger partial charge in [0.1, 0.15) is 5.52 Å². The standard InChI is InChI=1S/C17H15N5OS/c1-11-14(12-5-3-2-4-6-12)16-19-18-15-13(22(16)20-11)7-8-21(9-10-24)17(15)23/h2-8,24H,9-10H2,1H3. The van der Waals surface area contributed by atoms with Crippen molar-refractivity contribution in [2.24, 2.45) is 0 Å². The van der Waals surface area contributed by atoms with Gasteiger partial charge in [0.25, 0.3) is 5.56 Å². The summed E-state index contributed by atoms with van der Waals surface area (Å²) in [7, 11) is 0. The fourth-order valence-electron chi connectivity index (χ4n) is 2.92. The number of hydrogen-bond acceptors (Lipinski definition) is 5. The van der Waals surface area contributed by atoms with Gasteiger partial charge in [-0.05, 0) is 18.6 Å². The molecule has 0 unspecified atom stereocenters. The van der Waals surface area contributed by atoms with Crippen molar-refractivity contribution in [2.45, 2.75) is 13.5 Å². The predicted molar refractivity (Wildman–Crippen MR) is 96.6 cm³/mol. The second-order valence-electron chi connectivity index (χ2n) is 5.53. The van der Waals surface area contributed by atoms with Crippen LogP contribution >= 0.6 is 12.6 Å². The summed E-state index contributed by atoms with van der Waals surface area (Å²) < 4.78 is 3.29. The smallest absolute Gasteiger partial charge is 0.280 e. The minimum Gasteiger partial charge on any atom is -0.313 e. The van der Waals surface area contributed by atoms with Crippen LogP contribution in [0.1, 0.15) is 5.69 Å². The van der Waals surface area contributed by atoms with E-state index in [4.69, 9.17) is 0 Å². The van der Waals surface area contributed by atoms with Gasteiger partial charge in [0.15, 0.2) is 11.2 Å². The van der Waals surface area contributed by atoms with Crippen molar-refractivity contribution in [3.63, 3.8) is 0 Å². The highest BCUT2D eigenvalue weighted by Gasteiger charge is 2.17. The number of aryl methyl sites for hydroxylation is 2. The molecule has 24 heavy (non-hydrogen) atoms. The maximum Gasteiger partial charge on any atom is 0.280 e. The van der Waals surface area contributed by atoms with Crippen molar-refractivity contribution >= 4 is 29.3 Å². The lowest BCUT2D eigenvalue weighted by atomic mass is 10.1. The summed E-state index contributed by atoms with van der Waals surface area (Å²) in [5.41, 5.74) is 4.26. The molecule has 0 bridgehead atoms. The van der Waals surface area contributed by atoms with Crippen molar-refractivity contribution in [2.75, 3.05) is 5.75 Å². The number of hydrogen-bond donors (Lipinski definition) is 1. The van der Waals surface area contributed by atoms with Gasteiger partial charge in [-0.15, -0.1) is 10.2 Å². The molecule has 0 N–H and O–H groups in total. The molecular formula is C17H15N5OS. The number of fused-ring (bicyclic) bond motifs is 3. The van der Waals surface area contributed by atoms with Crippen LogP contribution in [0.2, 0.25) is 0 Å². The normalized spacial score (nSPS) is 11.4. The third kappa shape index (κ3) is 2.20. The van der Waals surface area contributed by atoms with E-state index in [-0.39, 0.29) is 5.56 Å². The second-order valence-corrected chi connectivity index (χ2v) is 5.98. The van der Waals surface area contributed by atoms with E-state index in [1.54, 1.807) is 15.3 Å². The minimum absolute atomic E-state index is 0.176. The number of thiol groups is 1. The molecule has 0 radical (unpaired) electrons. The van der Waals surface area contributed by atoms with Crippen molar-refractivity contribution in [3.05, 3.63) is 58.6 Å². The minimum atomic E-state index is -0.176. The average Bonchev–Trinajstić information content (AvgIpc) is 2.94. The zero-order valence-electron chi connectivity index (χ0n) is 13.0. The molecule has 3 heterocycles.